The summed E-state index contributed by atoms with van der Waals surface area (Å²) in [6.07, 6.45) is -1.88. The molecule has 4 rings (SSSR count). The van der Waals surface area contributed by atoms with Crippen LogP contribution < -0.4 is 10.8 Å². The molecule has 42 heavy (non-hydrogen) atoms. The highest BCUT2D eigenvalue weighted by atomic mass is 32.2. The summed E-state index contributed by atoms with van der Waals surface area (Å²) in [6.45, 7) is 3.71. The number of hydrogen-bond acceptors (Lipinski definition) is 12. The maximum absolute atomic E-state index is 14.7. The first kappa shape index (κ1) is 32.5. The smallest absolute Gasteiger partial charge is 0.395 e. The molecule has 6 N–H and O–H groups in total. The fraction of sp³-hybridized carbons (Fsp3) is 0.500. The molecule has 3 unspecified atom stereocenters. The molecule has 0 bridgehead atoms. The van der Waals surface area contributed by atoms with Crippen LogP contribution in [0.25, 0.3) is 11.0 Å². The fourth-order valence-corrected chi connectivity index (χ4v) is 6.49. The van der Waals surface area contributed by atoms with Crippen molar-refractivity contribution in [1.29, 1.82) is 0 Å². The molecule has 5 atom stereocenters. The van der Waals surface area contributed by atoms with Crippen molar-refractivity contribution < 1.29 is 42.9 Å². The first-order chi connectivity index (χ1) is 19.8. The molecule has 0 saturated carbocycles. The van der Waals surface area contributed by atoms with Gasteiger partial charge < -0.3 is 25.8 Å². The van der Waals surface area contributed by atoms with E-state index in [-0.39, 0.29) is 47.5 Å². The first-order valence-corrected chi connectivity index (χ1v) is 15.6. The second-order valence-electron chi connectivity index (χ2n) is 10.7. The van der Waals surface area contributed by atoms with Gasteiger partial charge in [-0.1, -0.05) is 42.1 Å². The SMILES string of the molecule is CC(C)(CO)C(=O)SCCOP(=O)(NCc1ccccc1)OC[C@H]1OC(n2cc(F)c3c(N)ncnc32)C(C)(O)[C@H]1O. The second kappa shape index (κ2) is 13.0. The summed E-state index contributed by atoms with van der Waals surface area (Å²) < 4.78 is 46.7. The molecule has 1 aliphatic rings. The minimum Gasteiger partial charge on any atom is -0.395 e. The predicted molar refractivity (Wildman–Crippen MR) is 154 cm³/mol. The van der Waals surface area contributed by atoms with Crippen LogP contribution in [0.15, 0.2) is 42.9 Å². The zero-order valence-electron chi connectivity index (χ0n) is 23.3. The third-order valence-electron chi connectivity index (χ3n) is 6.85. The standard InChI is InChI=1S/C26H35FN5O8PS/c1-25(2,14-33)24(35)42-10-9-38-41(37,31-11-16-7-5-4-6-8-16)39-13-18-20(34)26(3,36)23(40-18)32-12-17(27)19-21(28)29-15-30-22(19)32/h4-8,12,15,18,20,23,33-34,36H,9-11,13-14H2,1-3H3,(H,31,37)(H2,28,29,30)/t18-,20+,23?,26?,41?/m1/s1. The van der Waals surface area contributed by atoms with Crippen LogP contribution in [0, 0.1) is 11.2 Å². The van der Waals surface area contributed by atoms with Crippen molar-refractivity contribution in [2.75, 3.05) is 31.3 Å². The van der Waals surface area contributed by atoms with E-state index in [2.05, 4.69) is 15.1 Å². The van der Waals surface area contributed by atoms with E-state index < -0.39 is 49.6 Å². The van der Waals surface area contributed by atoms with Crippen molar-refractivity contribution in [3.63, 3.8) is 0 Å². The Kier molecular flexibility index (Phi) is 10.1. The molecule has 0 amide bonds. The lowest BCUT2D eigenvalue weighted by atomic mass is 9.96. The van der Waals surface area contributed by atoms with Crippen LogP contribution in [0.4, 0.5) is 10.2 Å². The van der Waals surface area contributed by atoms with Gasteiger partial charge in [-0.05, 0) is 26.3 Å². The average molecular weight is 628 g/mol. The average Bonchev–Trinajstić information content (AvgIpc) is 3.42. The summed E-state index contributed by atoms with van der Waals surface area (Å²) in [5, 5.41) is 33.9. The quantitative estimate of drug-likeness (QED) is 0.137. The van der Waals surface area contributed by atoms with Crippen LogP contribution in [0.3, 0.4) is 0 Å². The van der Waals surface area contributed by atoms with E-state index in [1.54, 1.807) is 13.8 Å². The Morgan fingerprint density at radius 1 is 1.31 bits per heavy atom. The van der Waals surface area contributed by atoms with Crippen LogP contribution in [0.2, 0.25) is 0 Å². The van der Waals surface area contributed by atoms with Crippen molar-refractivity contribution in [3.8, 4) is 0 Å². The number of aromatic nitrogens is 3. The van der Waals surface area contributed by atoms with Gasteiger partial charge in [0.1, 0.15) is 30.0 Å². The Bertz CT molecular complexity index is 1440. The van der Waals surface area contributed by atoms with Crippen LogP contribution in [-0.2, 0) is 29.7 Å². The van der Waals surface area contributed by atoms with Gasteiger partial charge in [-0.15, -0.1) is 0 Å². The number of aliphatic hydroxyl groups is 3. The fourth-order valence-electron chi connectivity index (χ4n) is 4.25. The normalized spacial score (nSPS) is 24.2. The van der Waals surface area contributed by atoms with Gasteiger partial charge >= 0.3 is 7.75 Å². The molecule has 13 nitrogen and oxygen atoms in total. The molecule has 1 fully saturated rings. The molecule has 16 heteroatoms. The number of nitrogens with two attached hydrogens (primary N) is 1. The zero-order chi connectivity index (χ0) is 30.7. The van der Waals surface area contributed by atoms with E-state index in [0.717, 1.165) is 29.8 Å². The van der Waals surface area contributed by atoms with Gasteiger partial charge in [0.25, 0.3) is 0 Å². The molecular weight excluding hydrogens is 592 g/mol. The Hall–Kier alpha value is -2.46. The Labute approximate surface area is 246 Å². The number of thioether (sulfide) groups is 1. The van der Waals surface area contributed by atoms with E-state index in [1.165, 1.54) is 11.5 Å². The molecule has 3 aromatic rings. The number of ether oxygens (including phenoxy) is 1. The van der Waals surface area contributed by atoms with E-state index in [1.807, 2.05) is 30.3 Å². The van der Waals surface area contributed by atoms with E-state index in [0.29, 0.717) is 0 Å². The lowest BCUT2D eigenvalue weighted by molar-refractivity contribution is -0.119. The predicted octanol–water partition coefficient (Wildman–Crippen LogP) is 2.37. The van der Waals surface area contributed by atoms with Crippen LogP contribution in [0.1, 0.15) is 32.6 Å². The number of anilines is 1. The number of benzene rings is 1. The molecule has 0 radical (unpaired) electrons. The molecule has 1 aromatic carbocycles. The largest absolute Gasteiger partial charge is 0.405 e. The van der Waals surface area contributed by atoms with Gasteiger partial charge in [-0.25, -0.2) is 24.0 Å². The minimum absolute atomic E-state index is 0.0500. The number of fused-ring (bicyclic) bond motifs is 1. The molecule has 230 valence electrons. The molecule has 1 saturated heterocycles. The summed E-state index contributed by atoms with van der Waals surface area (Å²) in [5.74, 6) is -0.700. The Morgan fingerprint density at radius 3 is 2.71 bits per heavy atom. The van der Waals surface area contributed by atoms with Crippen molar-refractivity contribution >= 4 is 41.5 Å². The highest BCUT2D eigenvalue weighted by molar-refractivity contribution is 8.13. The van der Waals surface area contributed by atoms with Crippen molar-refractivity contribution in [2.45, 2.75) is 51.4 Å². The Balaban J connectivity index is 1.46. The number of nitrogens with one attached hydrogen (secondary N) is 1. The summed E-state index contributed by atoms with van der Waals surface area (Å²) in [5.41, 5.74) is 3.76. The third-order valence-corrected chi connectivity index (χ3v) is 9.60. The number of nitrogens with zero attached hydrogens (tertiary/aromatic N) is 3. The highest BCUT2D eigenvalue weighted by Gasteiger charge is 2.54. The van der Waals surface area contributed by atoms with Crippen LogP contribution in [-0.4, -0.2) is 78.4 Å². The van der Waals surface area contributed by atoms with Crippen LogP contribution >= 0.6 is 19.5 Å². The lowest BCUT2D eigenvalue weighted by Crippen LogP contribution is -2.44. The third kappa shape index (κ3) is 7.01. The first-order valence-electron chi connectivity index (χ1n) is 13.1. The highest BCUT2D eigenvalue weighted by Crippen LogP contribution is 2.47. The molecule has 0 spiro atoms. The monoisotopic (exact) mass is 627 g/mol. The molecule has 3 heterocycles. The van der Waals surface area contributed by atoms with Crippen molar-refractivity contribution in [1.82, 2.24) is 19.6 Å². The number of aliphatic hydroxyl groups excluding tert-OH is 2. The molecule has 2 aromatic heterocycles. The van der Waals surface area contributed by atoms with Gasteiger partial charge in [-0.3, -0.25) is 18.4 Å². The summed E-state index contributed by atoms with van der Waals surface area (Å²) in [7, 11) is -4.05. The van der Waals surface area contributed by atoms with Gasteiger partial charge in [0, 0.05) is 18.5 Å². The number of hydrogen-bond donors (Lipinski definition) is 5. The van der Waals surface area contributed by atoms with Gasteiger partial charge in [0.2, 0.25) is 0 Å². The summed E-state index contributed by atoms with van der Waals surface area (Å²) >= 11 is 0.930. The Morgan fingerprint density at radius 2 is 2.02 bits per heavy atom. The van der Waals surface area contributed by atoms with Crippen LogP contribution in [0.5, 0.6) is 0 Å². The topological polar surface area (TPSA) is 191 Å². The van der Waals surface area contributed by atoms with Gasteiger partial charge in [0.15, 0.2) is 22.8 Å². The molecule has 1 aliphatic heterocycles. The van der Waals surface area contributed by atoms with Gasteiger partial charge in [-0.2, -0.15) is 0 Å². The number of rotatable bonds is 13. The molecule has 0 aliphatic carbocycles. The van der Waals surface area contributed by atoms with E-state index in [4.69, 9.17) is 19.5 Å². The van der Waals surface area contributed by atoms with Crippen molar-refractivity contribution in [2.24, 2.45) is 5.41 Å². The second-order valence-corrected chi connectivity index (χ2v) is 13.6. The summed E-state index contributed by atoms with van der Waals surface area (Å²) in [4.78, 5) is 20.1. The van der Waals surface area contributed by atoms with E-state index >= 15 is 0 Å². The maximum atomic E-state index is 14.7. The number of carbonyl (C=O) groups is 1. The van der Waals surface area contributed by atoms with E-state index in [9.17, 15) is 29.1 Å². The minimum atomic E-state index is -4.05. The number of halogens is 1. The molecular formula is C26H35FN5O8PS. The lowest BCUT2D eigenvalue weighted by Gasteiger charge is -2.27. The maximum Gasteiger partial charge on any atom is 0.405 e. The zero-order valence-corrected chi connectivity index (χ0v) is 25.1. The number of nitrogen functional groups attached to an aromatic ring is 1. The number of carbonyl (C=O) groups excluding carboxylic acids is 1. The van der Waals surface area contributed by atoms with Gasteiger partial charge in [0.05, 0.1) is 30.6 Å². The van der Waals surface area contributed by atoms with Crippen molar-refractivity contribution in [3.05, 3.63) is 54.2 Å². The summed E-state index contributed by atoms with van der Waals surface area (Å²) in [6, 6.07) is 9.08.